The van der Waals surface area contributed by atoms with Gasteiger partial charge in [0.05, 0.1) is 17.7 Å². The standard InChI is InChI=1S/C22H38N2O6/c1-9-11-16-13-17(29-14-25)24(20(27)30-21(4,5)6)18(16)19(23-15(3)26)22(7,28-8)12-10-2/h9,11,14,16-19H,10,12-13H2,1-8H3,(H,23,26)/b11-9-/t16-,17+,18-,19-,22+/m1/s1. The van der Waals surface area contributed by atoms with Gasteiger partial charge in [-0.25, -0.2) is 4.79 Å². The van der Waals surface area contributed by atoms with Crippen LogP contribution in [0.3, 0.4) is 0 Å². The van der Waals surface area contributed by atoms with Crippen LogP contribution in [0.15, 0.2) is 12.2 Å². The molecule has 2 amide bonds. The molecule has 0 aromatic rings. The molecule has 1 aliphatic heterocycles. The summed E-state index contributed by atoms with van der Waals surface area (Å²) in [5, 5.41) is 3.01. The molecule has 0 bridgehead atoms. The highest BCUT2D eigenvalue weighted by Crippen LogP contribution is 2.39. The molecule has 1 N–H and O–H groups in total. The van der Waals surface area contributed by atoms with Crippen molar-refractivity contribution < 1.29 is 28.6 Å². The highest BCUT2D eigenvalue weighted by Gasteiger charge is 2.54. The molecule has 30 heavy (non-hydrogen) atoms. The van der Waals surface area contributed by atoms with Crippen molar-refractivity contribution in [2.24, 2.45) is 5.92 Å². The number of nitrogens with zero attached hydrogens (tertiary/aromatic N) is 1. The van der Waals surface area contributed by atoms with Gasteiger partial charge in [-0.1, -0.05) is 25.5 Å². The average Bonchev–Trinajstić information content (AvgIpc) is 2.96. The first-order valence-corrected chi connectivity index (χ1v) is 10.5. The van der Waals surface area contributed by atoms with Crippen LogP contribution < -0.4 is 5.32 Å². The Bertz CT molecular complexity index is 630. The number of ether oxygens (including phenoxy) is 3. The van der Waals surface area contributed by atoms with Gasteiger partial charge in [-0.2, -0.15) is 0 Å². The highest BCUT2D eigenvalue weighted by atomic mass is 16.6. The Kier molecular flexibility index (Phi) is 9.34. The minimum atomic E-state index is -0.803. The van der Waals surface area contributed by atoms with E-state index in [-0.39, 0.29) is 11.8 Å². The molecule has 0 aliphatic carbocycles. The fraction of sp³-hybridized carbons (Fsp3) is 0.773. The largest absolute Gasteiger partial charge is 0.444 e. The summed E-state index contributed by atoms with van der Waals surface area (Å²) >= 11 is 0. The zero-order chi connectivity index (χ0) is 23.1. The van der Waals surface area contributed by atoms with E-state index >= 15 is 0 Å². The second kappa shape index (κ2) is 10.8. The molecule has 0 aromatic heterocycles. The number of hydrogen-bond acceptors (Lipinski definition) is 6. The van der Waals surface area contributed by atoms with Crippen LogP contribution in [0.4, 0.5) is 4.79 Å². The number of likely N-dealkylation sites (tertiary alicyclic amines) is 1. The molecule has 1 saturated heterocycles. The first-order chi connectivity index (χ1) is 13.9. The van der Waals surface area contributed by atoms with Crippen molar-refractivity contribution in [3.05, 3.63) is 12.2 Å². The van der Waals surface area contributed by atoms with Crippen molar-refractivity contribution in [3.63, 3.8) is 0 Å². The summed E-state index contributed by atoms with van der Waals surface area (Å²) in [6.07, 6.45) is 4.33. The van der Waals surface area contributed by atoms with Crippen molar-refractivity contribution >= 4 is 18.5 Å². The fourth-order valence-electron chi connectivity index (χ4n) is 4.17. The van der Waals surface area contributed by atoms with E-state index in [1.165, 1.54) is 11.8 Å². The molecule has 1 rings (SSSR count). The second-order valence-corrected chi connectivity index (χ2v) is 8.94. The molecule has 1 aliphatic rings. The predicted molar refractivity (Wildman–Crippen MR) is 114 cm³/mol. The number of allylic oxidation sites excluding steroid dienone is 1. The summed E-state index contributed by atoms with van der Waals surface area (Å²) in [5.74, 6) is -0.404. The summed E-state index contributed by atoms with van der Waals surface area (Å²) in [6, 6.07) is -1.07. The van der Waals surface area contributed by atoms with Crippen LogP contribution in [0.1, 0.15) is 67.7 Å². The van der Waals surface area contributed by atoms with Crippen LogP contribution in [0.5, 0.6) is 0 Å². The van der Waals surface area contributed by atoms with Crippen LogP contribution in [-0.2, 0) is 23.8 Å². The van der Waals surface area contributed by atoms with Crippen molar-refractivity contribution in [3.8, 4) is 0 Å². The summed E-state index contributed by atoms with van der Waals surface area (Å²) in [4.78, 5) is 38.0. The normalized spacial score (nSPS) is 24.9. The molecule has 0 spiro atoms. The maximum absolute atomic E-state index is 13.2. The topological polar surface area (TPSA) is 94.2 Å². The Balaban J connectivity index is 3.57. The lowest BCUT2D eigenvalue weighted by Crippen LogP contribution is -2.64. The van der Waals surface area contributed by atoms with E-state index < -0.39 is 35.6 Å². The minimum absolute atomic E-state index is 0.171. The monoisotopic (exact) mass is 426 g/mol. The molecular weight excluding hydrogens is 388 g/mol. The third-order valence-electron chi connectivity index (χ3n) is 5.37. The van der Waals surface area contributed by atoms with E-state index in [9.17, 15) is 14.4 Å². The van der Waals surface area contributed by atoms with Crippen molar-refractivity contribution in [2.75, 3.05) is 7.11 Å². The van der Waals surface area contributed by atoms with Gasteiger partial charge in [-0.05, 0) is 41.0 Å². The van der Waals surface area contributed by atoms with E-state index in [1.807, 2.05) is 32.9 Å². The SMILES string of the molecule is C/C=C\[C@@H]1C[C@H](OC=O)N(C(=O)OC(C)(C)C)[C@H]1[C@@H](NC(C)=O)[C@](C)(CCC)OC. The van der Waals surface area contributed by atoms with Gasteiger partial charge in [-0.15, -0.1) is 0 Å². The van der Waals surface area contributed by atoms with E-state index in [0.29, 0.717) is 19.3 Å². The third-order valence-corrected chi connectivity index (χ3v) is 5.37. The molecule has 0 aromatic carbocycles. The Morgan fingerprint density at radius 2 is 1.90 bits per heavy atom. The molecule has 172 valence electrons. The third kappa shape index (κ3) is 6.45. The second-order valence-electron chi connectivity index (χ2n) is 8.94. The summed E-state index contributed by atoms with van der Waals surface area (Å²) in [5.41, 5.74) is -1.48. The average molecular weight is 427 g/mol. The Morgan fingerprint density at radius 1 is 1.27 bits per heavy atom. The number of hydrogen-bond donors (Lipinski definition) is 1. The van der Waals surface area contributed by atoms with Crippen molar-refractivity contribution in [1.82, 2.24) is 10.2 Å². The predicted octanol–water partition coefficient (Wildman–Crippen LogP) is 3.40. The van der Waals surface area contributed by atoms with Gasteiger partial charge in [-0.3, -0.25) is 14.5 Å². The van der Waals surface area contributed by atoms with Gasteiger partial charge in [0.15, 0.2) is 6.23 Å². The van der Waals surface area contributed by atoms with E-state index in [1.54, 1.807) is 27.9 Å². The molecule has 0 saturated carbocycles. The fourth-order valence-corrected chi connectivity index (χ4v) is 4.17. The van der Waals surface area contributed by atoms with Gasteiger partial charge in [0.25, 0.3) is 6.47 Å². The smallest absolute Gasteiger partial charge is 0.413 e. The quantitative estimate of drug-likeness (QED) is 0.449. The van der Waals surface area contributed by atoms with Crippen LogP contribution in [0, 0.1) is 5.92 Å². The molecule has 1 heterocycles. The van der Waals surface area contributed by atoms with Crippen LogP contribution in [0.25, 0.3) is 0 Å². The van der Waals surface area contributed by atoms with E-state index in [4.69, 9.17) is 14.2 Å². The maximum atomic E-state index is 13.2. The lowest BCUT2D eigenvalue weighted by molar-refractivity contribution is -0.143. The number of methoxy groups -OCH3 is 1. The Morgan fingerprint density at radius 3 is 2.33 bits per heavy atom. The molecule has 5 atom stereocenters. The first kappa shape index (κ1) is 25.9. The van der Waals surface area contributed by atoms with Crippen molar-refractivity contribution in [1.29, 1.82) is 0 Å². The van der Waals surface area contributed by atoms with E-state index in [2.05, 4.69) is 5.32 Å². The molecule has 0 radical (unpaired) electrons. The zero-order valence-corrected chi connectivity index (χ0v) is 19.6. The number of carbonyl (C=O) groups is 3. The highest BCUT2D eigenvalue weighted by molar-refractivity contribution is 5.74. The number of rotatable bonds is 9. The number of amides is 2. The maximum Gasteiger partial charge on any atom is 0.413 e. The minimum Gasteiger partial charge on any atom is -0.444 e. The van der Waals surface area contributed by atoms with Gasteiger partial charge < -0.3 is 19.5 Å². The molecular formula is C22H38N2O6. The van der Waals surface area contributed by atoms with Gasteiger partial charge in [0.1, 0.15) is 5.60 Å². The summed E-state index contributed by atoms with van der Waals surface area (Å²) < 4.78 is 16.8. The van der Waals surface area contributed by atoms with Gasteiger partial charge in [0.2, 0.25) is 5.91 Å². The molecule has 0 unspecified atom stereocenters. The van der Waals surface area contributed by atoms with Crippen LogP contribution in [0.2, 0.25) is 0 Å². The number of carbonyl (C=O) groups excluding carboxylic acids is 3. The van der Waals surface area contributed by atoms with Gasteiger partial charge >= 0.3 is 6.09 Å². The zero-order valence-electron chi connectivity index (χ0n) is 19.6. The Labute approximate surface area is 180 Å². The number of nitrogens with one attached hydrogen (secondary N) is 1. The Hall–Kier alpha value is -2.09. The molecule has 1 fully saturated rings. The van der Waals surface area contributed by atoms with Crippen molar-refractivity contribution in [2.45, 2.75) is 97.2 Å². The molecule has 8 heteroatoms. The van der Waals surface area contributed by atoms with Crippen LogP contribution >= 0.6 is 0 Å². The first-order valence-electron chi connectivity index (χ1n) is 10.5. The lowest BCUT2D eigenvalue weighted by Gasteiger charge is -2.44. The van der Waals surface area contributed by atoms with E-state index in [0.717, 1.165) is 6.42 Å². The van der Waals surface area contributed by atoms with Gasteiger partial charge in [0, 0.05) is 26.4 Å². The lowest BCUT2D eigenvalue weighted by atomic mass is 9.81. The molecule has 8 nitrogen and oxygen atoms in total. The summed E-state index contributed by atoms with van der Waals surface area (Å²) in [7, 11) is 1.60. The summed E-state index contributed by atoms with van der Waals surface area (Å²) in [6.45, 7) is 12.9. The van der Waals surface area contributed by atoms with Crippen LogP contribution in [-0.4, -0.2) is 60.0 Å².